The molecule has 2 rings (SSSR count). The second-order valence-electron chi connectivity index (χ2n) is 4.97. The van der Waals surface area contributed by atoms with E-state index < -0.39 is 5.97 Å². The van der Waals surface area contributed by atoms with Crippen molar-refractivity contribution in [2.75, 3.05) is 7.11 Å². The minimum atomic E-state index is -0.941. The van der Waals surface area contributed by atoms with Crippen molar-refractivity contribution in [3.05, 3.63) is 47.5 Å². The predicted molar refractivity (Wildman–Crippen MR) is 85.8 cm³/mol. The molecular formula is C18H20O3. The molecule has 110 valence electrons. The van der Waals surface area contributed by atoms with Crippen LogP contribution in [-0.2, 0) is 11.2 Å². The Morgan fingerprint density at radius 1 is 1.29 bits per heavy atom. The summed E-state index contributed by atoms with van der Waals surface area (Å²) in [7, 11) is 1.64. The summed E-state index contributed by atoms with van der Waals surface area (Å²) >= 11 is 0. The molecule has 1 N–H and O–H groups in total. The van der Waals surface area contributed by atoms with Gasteiger partial charge in [0.25, 0.3) is 0 Å². The third kappa shape index (κ3) is 3.43. The first-order chi connectivity index (χ1) is 10.2. The van der Waals surface area contributed by atoms with Gasteiger partial charge in [0.1, 0.15) is 5.75 Å². The standard InChI is InChI=1S/C18H20O3/c1-3-4-7-14-13(10-11-18(19)20)12-17(21-2)16-9-6-5-8-15(14)16/h5-6,8-12H,3-4,7H2,1-2H3,(H,19,20). The lowest BCUT2D eigenvalue weighted by atomic mass is 9.94. The van der Waals surface area contributed by atoms with Gasteiger partial charge in [-0.1, -0.05) is 37.6 Å². The number of fused-ring (bicyclic) bond motifs is 1. The Balaban J connectivity index is 2.65. The zero-order valence-corrected chi connectivity index (χ0v) is 12.4. The van der Waals surface area contributed by atoms with Crippen molar-refractivity contribution in [1.29, 1.82) is 0 Å². The van der Waals surface area contributed by atoms with E-state index in [0.717, 1.165) is 41.3 Å². The predicted octanol–water partition coefficient (Wildman–Crippen LogP) is 4.29. The fourth-order valence-corrected chi connectivity index (χ4v) is 2.53. The van der Waals surface area contributed by atoms with Gasteiger partial charge in [0.05, 0.1) is 7.11 Å². The molecule has 0 amide bonds. The third-order valence-electron chi connectivity index (χ3n) is 3.56. The Morgan fingerprint density at radius 3 is 2.62 bits per heavy atom. The van der Waals surface area contributed by atoms with Crippen molar-refractivity contribution in [1.82, 2.24) is 0 Å². The van der Waals surface area contributed by atoms with E-state index in [1.54, 1.807) is 13.2 Å². The zero-order valence-electron chi connectivity index (χ0n) is 12.4. The number of carboxylic acid groups (broad SMARTS) is 1. The van der Waals surface area contributed by atoms with Gasteiger partial charge in [-0.25, -0.2) is 4.79 Å². The molecule has 0 aliphatic rings. The number of aryl methyl sites for hydroxylation is 1. The molecule has 0 bridgehead atoms. The van der Waals surface area contributed by atoms with E-state index >= 15 is 0 Å². The molecule has 0 aliphatic carbocycles. The lowest BCUT2D eigenvalue weighted by molar-refractivity contribution is -0.131. The average Bonchev–Trinajstić information content (AvgIpc) is 2.50. The molecule has 0 aromatic heterocycles. The highest BCUT2D eigenvalue weighted by Crippen LogP contribution is 2.33. The molecule has 3 heteroatoms. The number of carboxylic acids is 1. The third-order valence-corrected chi connectivity index (χ3v) is 3.56. The summed E-state index contributed by atoms with van der Waals surface area (Å²) in [6, 6.07) is 10.0. The average molecular weight is 284 g/mol. The summed E-state index contributed by atoms with van der Waals surface area (Å²) in [5.41, 5.74) is 2.10. The van der Waals surface area contributed by atoms with E-state index in [2.05, 4.69) is 13.0 Å². The molecule has 0 atom stereocenters. The van der Waals surface area contributed by atoms with Gasteiger partial charge < -0.3 is 9.84 Å². The van der Waals surface area contributed by atoms with Gasteiger partial charge in [-0.3, -0.25) is 0 Å². The van der Waals surface area contributed by atoms with Crippen molar-refractivity contribution < 1.29 is 14.6 Å². The molecule has 0 spiro atoms. The van der Waals surface area contributed by atoms with E-state index in [0.29, 0.717) is 0 Å². The first-order valence-electron chi connectivity index (χ1n) is 7.17. The van der Waals surface area contributed by atoms with Crippen molar-refractivity contribution in [2.24, 2.45) is 0 Å². The molecule has 0 fully saturated rings. The maximum Gasteiger partial charge on any atom is 0.328 e. The quantitative estimate of drug-likeness (QED) is 0.805. The highest BCUT2D eigenvalue weighted by atomic mass is 16.5. The van der Waals surface area contributed by atoms with Crippen LogP contribution in [0.15, 0.2) is 36.4 Å². The van der Waals surface area contributed by atoms with Crippen molar-refractivity contribution in [2.45, 2.75) is 26.2 Å². The lowest BCUT2D eigenvalue weighted by Crippen LogP contribution is -1.96. The highest BCUT2D eigenvalue weighted by molar-refractivity contribution is 5.95. The summed E-state index contributed by atoms with van der Waals surface area (Å²) in [5, 5.41) is 11.1. The largest absolute Gasteiger partial charge is 0.496 e. The second-order valence-corrected chi connectivity index (χ2v) is 4.97. The van der Waals surface area contributed by atoms with Crippen LogP contribution < -0.4 is 4.74 Å². The van der Waals surface area contributed by atoms with Gasteiger partial charge >= 0.3 is 5.97 Å². The van der Waals surface area contributed by atoms with E-state index in [-0.39, 0.29) is 0 Å². The van der Waals surface area contributed by atoms with Crippen LogP contribution in [-0.4, -0.2) is 18.2 Å². The number of unbranched alkanes of at least 4 members (excludes halogenated alkanes) is 1. The van der Waals surface area contributed by atoms with Crippen molar-refractivity contribution in [3.8, 4) is 5.75 Å². The number of rotatable bonds is 6. The summed E-state index contributed by atoms with van der Waals surface area (Å²) in [4.78, 5) is 10.8. The summed E-state index contributed by atoms with van der Waals surface area (Å²) in [6.45, 7) is 2.15. The summed E-state index contributed by atoms with van der Waals surface area (Å²) in [5.74, 6) is -0.167. The van der Waals surface area contributed by atoms with Gasteiger partial charge in [0.2, 0.25) is 0 Å². The molecule has 0 saturated carbocycles. The van der Waals surface area contributed by atoms with E-state index in [1.807, 2.05) is 24.3 Å². The topological polar surface area (TPSA) is 46.5 Å². The first kappa shape index (κ1) is 15.1. The van der Waals surface area contributed by atoms with Gasteiger partial charge in [0, 0.05) is 11.5 Å². The number of carbonyl (C=O) groups is 1. The van der Waals surface area contributed by atoms with Crippen LogP contribution in [0.25, 0.3) is 16.8 Å². The Kier molecular flexibility index (Phi) is 4.99. The minimum Gasteiger partial charge on any atom is -0.496 e. The van der Waals surface area contributed by atoms with Gasteiger partial charge in [0.15, 0.2) is 0 Å². The van der Waals surface area contributed by atoms with Crippen molar-refractivity contribution >= 4 is 22.8 Å². The fraction of sp³-hybridized carbons (Fsp3) is 0.278. The van der Waals surface area contributed by atoms with Crippen LogP contribution in [0.1, 0.15) is 30.9 Å². The molecule has 0 radical (unpaired) electrons. The molecule has 3 nitrogen and oxygen atoms in total. The number of methoxy groups -OCH3 is 1. The minimum absolute atomic E-state index is 0.774. The SMILES string of the molecule is CCCCc1c(C=CC(=O)O)cc(OC)c2ccccc12. The molecule has 0 saturated heterocycles. The van der Waals surface area contributed by atoms with Crippen LogP contribution in [0.2, 0.25) is 0 Å². The van der Waals surface area contributed by atoms with Crippen LogP contribution >= 0.6 is 0 Å². The number of ether oxygens (including phenoxy) is 1. The molecule has 21 heavy (non-hydrogen) atoms. The Morgan fingerprint density at radius 2 is 2.00 bits per heavy atom. The molecule has 0 unspecified atom stereocenters. The molecule has 2 aromatic rings. The van der Waals surface area contributed by atoms with Gasteiger partial charge in [-0.15, -0.1) is 0 Å². The Hall–Kier alpha value is -2.29. The number of aliphatic carboxylic acids is 1. The van der Waals surface area contributed by atoms with Crippen LogP contribution in [0, 0.1) is 0 Å². The smallest absolute Gasteiger partial charge is 0.328 e. The number of benzene rings is 2. The zero-order chi connectivity index (χ0) is 15.2. The Labute approximate surface area is 124 Å². The molecule has 0 heterocycles. The molecule has 2 aromatic carbocycles. The van der Waals surface area contributed by atoms with Crippen molar-refractivity contribution in [3.63, 3.8) is 0 Å². The molecular weight excluding hydrogens is 264 g/mol. The van der Waals surface area contributed by atoms with E-state index in [4.69, 9.17) is 9.84 Å². The maximum atomic E-state index is 10.8. The van der Waals surface area contributed by atoms with Crippen LogP contribution in [0.5, 0.6) is 5.75 Å². The number of hydrogen-bond acceptors (Lipinski definition) is 2. The van der Waals surface area contributed by atoms with E-state index in [1.165, 1.54) is 11.6 Å². The van der Waals surface area contributed by atoms with Gasteiger partial charge in [-0.05, 0) is 41.5 Å². The Bertz CT molecular complexity index is 671. The highest BCUT2D eigenvalue weighted by Gasteiger charge is 2.10. The van der Waals surface area contributed by atoms with Crippen LogP contribution in [0.4, 0.5) is 0 Å². The number of hydrogen-bond donors (Lipinski definition) is 1. The summed E-state index contributed by atoms with van der Waals surface area (Å²) < 4.78 is 5.45. The molecule has 0 aliphatic heterocycles. The van der Waals surface area contributed by atoms with Gasteiger partial charge in [-0.2, -0.15) is 0 Å². The van der Waals surface area contributed by atoms with Crippen LogP contribution in [0.3, 0.4) is 0 Å². The normalized spacial score (nSPS) is 11.1. The first-order valence-corrected chi connectivity index (χ1v) is 7.17. The maximum absolute atomic E-state index is 10.8. The monoisotopic (exact) mass is 284 g/mol. The van der Waals surface area contributed by atoms with E-state index in [9.17, 15) is 4.79 Å². The fourth-order valence-electron chi connectivity index (χ4n) is 2.53. The summed E-state index contributed by atoms with van der Waals surface area (Å²) in [6.07, 6.45) is 5.94. The lowest BCUT2D eigenvalue weighted by Gasteiger charge is -2.14. The second kappa shape index (κ2) is 6.93.